The van der Waals surface area contributed by atoms with Crippen molar-refractivity contribution in [1.82, 2.24) is 0 Å². The molecule has 0 aliphatic heterocycles. The second-order valence-corrected chi connectivity index (χ2v) is 2.31. The van der Waals surface area contributed by atoms with Gasteiger partial charge in [0.1, 0.15) is 0 Å². The Hall–Kier alpha value is -0.872. The third-order valence-corrected chi connectivity index (χ3v) is 1.48. The van der Waals surface area contributed by atoms with Gasteiger partial charge < -0.3 is 0 Å². The van der Waals surface area contributed by atoms with Crippen LogP contribution in [0, 0.1) is 13.3 Å². The maximum Gasteiger partial charge on any atom is 0 e. The summed E-state index contributed by atoms with van der Waals surface area (Å²) in [6.07, 6.45) is 4.14. The summed E-state index contributed by atoms with van der Waals surface area (Å²) in [4.78, 5) is 0. The fourth-order valence-corrected chi connectivity index (χ4v) is 0.913. The van der Waals surface area contributed by atoms with Gasteiger partial charge in [-0.3, -0.25) is 0 Å². The van der Waals surface area contributed by atoms with Crippen molar-refractivity contribution in [3.05, 3.63) is 61.9 Å². The topological polar surface area (TPSA) is 39.8 Å². The van der Waals surface area contributed by atoms with Crippen molar-refractivity contribution >= 4 is 0 Å². The van der Waals surface area contributed by atoms with Crippen LogP contribution in [0.3, 0.4) is 0 Å². The minimum atomic E-state index is 0. The van der Waals surface area contributed by atoms with E-state index in [1.165, 1.54) is 5.56 Å². The third-order valence-electron chi connectivity index (χ3n) is 1.48. The van der Waals surface area contributed by atoms with E-state index in [9.17, 15) is 0 Å². The zero-order valence-electron chi connectivity index (χ0n) is 8.31. The average Bonchev–Trinajstić information content (AvgIpc) is 2.33. The molecule has 0 saturated carbocycles. The molecule has 0 bridgehead atoms. The van der Waals surface area contributed by atoms with Gasteiger partial charge in [-0.05, 0) is 18.4 Å². The molecule has 3 heteroatoms. The van der Waals surface area contributed by atoms with E-state index in [-0.39, 0.29) is 21.1 Å². The molecule has 0 heterocycles. The van der Waals surface area contributed by atoms with Crippen molar-refractivity contribution in [3.8, 4) is 0 Å². The number of allylic oxidation sites excluding steroid dienone is 1. The molecule has 0 saturated heterocycles. The molecule has 1 rings (SSSR count). The summed E-state index contributed by atoms with van der Waals surface area (Å²) < 4.78 is 15.0. The summed E-state index contributed by atoms with van der Waals surface area (Å²) in [6, 6.07) is 10.5. The van der Waals surface area contributed by atoms with Gasteiger partial charge in [0.2, 0.25) is 0 Å². The van der Waals surface area contributed by atoms with Crippen LogP contribution in [0.5, 0.6) is 0 Å². The Labute approximate surface area is 105 Å². The summed E-state index contributed by atoms with van der Waals surface area (Å²) in [5.74, 6) is 0. The second-order valence-electron chi connectivity index (χ2n) is 2.31. The molecule has 0 radical (unpaired) electrons. The molecule has 0 spiro atoms. The van der Waals surface area contributed by atoms with Gasteiger partial charge in [0, 0.05) is 21.1 Å². The molecule has 1 aromatic carbocycles. The van der Waals surface area contributed by atoms with Crippen LogP contribution in [0.15, 0.2) is 43.0 Å². The molecule has 0 N–H and O–H groups in total. The van der Waals surface area contributed by atoms with Gasteiger partial charge in [0.15, 0.2) is 0 Å². The number of aryl methyl sites for hydroxylation is 1. The second kappa shape index (κ2) is 18.8. The third kappa shape index (κ3) is 13.1. The Morgan fingerprint density at radius 3 is 1.93 bits per heavy atom. The molecule has 1 aromatic rings. The van der Waals surface area contributed by atoms with E-state index in [2.05, 4.69) is 44.1 Å². The number of hydrogen-bond donors (Lipinski definition) is 0. The standard InChI is InChI=1S/C10H12.2CO.W/c1-2-3-7-10-8-5-4-6-9-10;2*1-2;/h2,4-6,8-9H,1,3,7H2;;;. The Kier molecular flexibility index (Phi) is 24.7. The van der Waals surface area contributed by atoms with E-state index < -0.39 is 0 Å². The molecule has 2 nitrogen and oxygen atoms in total. The molecule has 0 unspecified atom stereocenters. The zero-order valence-corrected chi connectivity index (χ0v) is 11.2. The SMILES string of the molecule is C=CCCc1ccccc1.[C-]#[O+].[C-]#[O+].[W]. The van der Waals surface area contributed by atoms with E-state index >= 15 is 0 Å². The molecular weight excluding hydrogens is 360 g/mol. The Balaban J connectivity index is -0.000000258. The van der Waals surface area contributed by atoms with Crippen molar-refractivity contribution < 1.29 is 30.4 Å². The first-order valence-electron chi connectivity index (χ1n) is 3.99. The molecule has 0 aliphatic carbocycles. The number of benzene rings is 1. The molecule has 0 amide bonds. The van der Waals surface area contributed by atoms with Crippen LogP contribution in [-0.4, -0.2) is 0 Å². The summed E-state index contributed by atoms with van der Waals surface area (Å²) >= 11 is 0. The zero-order chi connectivity index (χ0) is 11.2. The predicted molar refractivity (Wildman–Crippen MR) is 52.8 cm³/mol. The molecule has 0 fully saturated rings. The van der Waals surface area contributed by atoms with Gasteiger partial charge in [-0.15, -0.1) is 6.58 Å². The van der Waals surface area contributed by atoms with Crippen LogP contribution in [0.25, 0.3) is 0 Å². The average molecular weight is 372 g/mol. The summed E-state index contributed by atoms with van der Waals surface area (Å²) in [5.41, 5.74) is 1.39. The van der Waals surface area contributed by atoms with Crippen molar-refractivity contribution in [2.45, 2.75) is 12.8 Å². The van der Waals surface area contributed by atoms with Crippen LogP contribution < -0.4 is 0 Å². The Morgan fingerprint density at radius 2 is 1.53 bits per heavy atom. The van der Waals surface area contributed by atoms with Gasteiger partial charge in [-0.25, -0.2) is 0 Å². The fourth-order valence-electron chi connectivity index (χ4n) is 0.913. The van der Waals surface area contributed by atoms with Crippen LogP contribution in [-0.2, 0) is 36.8 Å². The van der Waals surface area contributed by atoms with E-state index in [4.69, 9.17) is 9.30 Å². The first kappa shape index (κ1) is 19.7. The van der Waals surface area contributed by atoms with Crippen molar-refractivity contribution in [3.63, 3.8) is 0 Å². The minimum Gasteiger partial charge on any atom is 0 e. The molecule has 15 heavy (non-hydrogen) atoms. The number of hydrogen-bond acceptors (Lipinski definition) is 0. The molecule has 0 aromatic heterocycles. The molecule has 78 valence electrons. The quantitative estimate of drug-likeness (QED) is 0.445. The normalized spacial score (nSPS) is 6.40. The van der Waals surface area contributed by atoms with Gasteiger partial charge in [0.25, 0.3) is 0 Å². The van der Waals surface area contributed by atoms with Crippen molar-refractivity contribution in [2.24, 2.45) is 0 Å². The minimum absolute atomic E-state index is 0. The van der Waals surface area contributed by atoms with Gasteiger partial charge >= 0.3 is 22.6 Å². The molecule has 0 atom stereocenters. The van der Waals surface area contributed by atoms with E-state index in [0.717, 1.165) is 12.8 Å². The van der Waals surface area contributed by atoms with E-state index in [0.29, 0.717) is 0 Å². The van der Waals surface area contributed by atoms with Crippen LogP contribution in [0.1, 0.15) is 12.0 Å². The van der Waals surface area contributed by atoms with Crippen LogP contribution in [0.4, 0.5) is 0 Å². The van der Waals surface area contributed by atoms with Crippen LogP contribution >= 0.6 is 0 Å². The molecule has 0 aliphatic rings. The first-order chi connectivity index (χ1) is 6.93. The maximum atomic E-state index is 7.50. The summed E-state index contributed by atoms with van der Waals surface area (Å²) in [7, 11) is 0. The van der Waals surface area contributed by atoms with Gasteiger partial charge in [-0.1, -0.05) is 36.4 Å². The van der Waals surface area contributed by atoms with Gasteiger partial charge in [-0.2, -0.15) is 0 Å². The van der Waals surface area contributed by atoms with Crippen LogP contribution in [0.2, 0.25) is 0 Å². The predicted octanol–water partition coefficient (Wildman–Crippen LogP) is 2.73. The first-order valence-corrected chi connectivity index (χ1v) is 3.99. The Morgan fingerprint density at radius 1 is 1.07 bits per heavy atom. The summed E-state index contributed by atoms with van der Waals surface area (Å²) in [6.45, 7) is 12.7. The van der Waals surface area contributed by atoms with E-state index in [1.807, 2.05) is 12.1 Å². The number of rotatable bonds is 3. The monoisotopic (exact) mass is 372 g/mol. The van der Waals surface area contributed by atoms with E-state index in [1.54, 1.807) is 0 Å². The largest absolute Gasteiger partial charge is 0 e. The maximum absolute atomic E-state index is 7.50. The molecular formula is C12H12O2W. The summed E-state index contributed by atoms with van der Waals surface area (Å²) in [5, 5.41) is 0. The van der Waals surface area contributed by atoms with Gasteiger partial charge in [0.05, 0.1) is 0 Å². The van der Waals surface area contributed by atoms with Crippen molar-refractivity contribution in [2.75, 3.05) is 0 Å². The smallest absolute Gasteiger partial charge is 0 e. The fraction of sp³-hybridized carbons (Fsp3) is 0.167. The van der Waals surface area contributed by atoms with Crippen molar-refractivity contribution in [1.29, 1.82) is 0 Å². The Bertz CT molecular complexity index is 259.